The van der Waals surface area contributed by atoms with E-state index in [-0.39, 0.29) is 11.5 Å². The van der Waals surface area contributed by atoms with E-state index in [2.05, 4.69) is 12.1 Å². The second-order valence-corrected chi connectivity index (χ2v) is 6.49. The Morgan fingerprint density at radius 3 is 1.89 bits per heavy atom. The molecule has 5 rings (SSSR count). The monoisotopic (exact) mass is 248 g/mol. The summed E-state index contributed by atoms with van der Waals surface area (Å²) < 4.78 is 0. The highest BCUT2D eigenvalue weighted by molar-refractivity contribution is 5.20. The third-order valence-corrected chi connectivity index (χ3v) is 5.00. The van der Waals surface area contributed by atoms with Crippen LogP contribution in [0.25, 0.3) is 0 Å². The molecule has 0 radical (unpaired) electrons. The summed E-state index contributed by atoms with van der Waals surface area (Å²) in [6.45, 7) is 7.22. The zero-order valence-corrected chi connectivity index (χ0v) is 10.7. The molecule has 1 aromatic carbocycles. The molecule has 4 aliphatic rings. The van der Waals surface area contributed by atoms with Crippen molar-refractivity contribution in [2.45, 2.75) is 6.10 Å². The molecule has 1 aromatic rings. The Kier molecular flexibility index (Phi) is 2.29. The molecular formula is C14H22N3O+3. The smallest absolute Gasteiger partial charge is 0.213 e. The molecule has 4 saturated heterocycles. The van der Waals surface area contributed by atoms with Crippen LogP contribution in [-0.4, -0.2) is 44.7 Å². The van der Waals surface area contributed by atoms with Crippen molar-refractivity contribution in [3.63, 3.8) is 0 Å². The molecule has 4 bridgehead atoms. The highest BCUT2D eigenvalue weighted by atomic mass is 16.3. The average Bonchev–Trinajstić information content (AvgIpc) is 2.37. The lowest BCUT2D eigenvalue weighted by atomic mass is 9.74. The van der Waals surface area contributed by atoms with Gasteiger partial charge in [0.05, 0.1) is 0 Å². The summed E-state index contributed by atoms with van der Waals surface area (Å²) in [5.74, 6) is 0. The first-order valence-electron chi connectivity index (χ1n) is 6.99. The summed E-state index contributed by atoms with van der Waals surface area (Å²) in [5, 5.41) is 10.8. The Morgan fingerprint density at radius 2 is 1.39 bits per heavy atom. The number of hydrogen-bond donors (Lipinski definition) is 4. The fraction of sp³-hybridized carbons (Fsp3) is 0.571. The molecule has 0 amide bonds. The van der Waals surface area contributed by atoms with Gasteiger partial charge in [-0.3, -0.25) is 0 Å². The van der Waals surface area contributed by atoms with E-state index in [1.54, 1.807) is 14.7 Å². The molecule has 0 aliphatic carbocycles. The van der Waals surface area contributed by atoms with Crippen molar-refractivity contribution in [2.24, 2.45) is 5.41 Å². The van der Waals surface area contributed by atoms with Gasteiger partial charge in [0.15, 0.2) is 0 Å². The number of aliphatic hydroxyl groups excluding tert-OH is 1. The number of quaternary nitrogens is 3. The molecule has 4 fully saturated rings. The predicted molar refractivity (Wildman–Crippen MR) is 65.9 cm³/mol. The number of aliphatic hydroxyl groups is 1. The van der Waals surface area contributed by atoms with Crippen molar-refractivity contribution in [3.05, 3.63) is 35.9 Å². The third-order valence-electron chi connectivity index (χ3n) is 5.00. The van der Waals surface area contributed by atoms with Gasteiger partial charge in [0.25, 0.3) is 0 Å². The summed E-state index contributed by atoms with van der Waals surface area (Å²) in [5.41, 5.74) is 1.21. The van der Waals surface area contributed by atoms with E-state index in [1.165, 1.54) is 20.0 Å². The largest absolute Gasteiger partial charge is 0.387 e. The van der Waals surface area contributed by atoms with Crippen LogP contribution in [0.4, 0.5) is 0 Å². The van der Waals surface area contributed by atoms with Crippen LogP contribution in [0.3, 0.4) is 0 Å². The summed E-state index contributed by atoms with van der Waals surface area (Å²) >= 11 is 0. The van der Waals surface area contributed by atoms with Crippen molar-refractivity contribution in [3.8, 4) is 0 Å². The van der Waals surface area contributed by atoms with Crippen molar-refractivity contribution in [2.75, 3.05) is 39.6 Å². The maximum Gasteiger partial charge on any atom is 0.213 e. The van der Waals surface area contributed by atoms with Gasteiger partial charge in [0.2, 0.25) is 20.0 Å². The predicted octanol–water partition coefficient (Wildman–Crippen LogP) is -3.73. The zero-order valence-electron chi connectivity index (χ0n) is 10.7. The minimum absolute atomic E-state index is 0.107. The molecule has 4 aliphatic heterocycles. The second kappa shape index (κ2) is 3.78. The van der Waals surface area contributed by atoms with E-state index in [9.17, 15) is 5.11 Å². The summed E-state index contributed by atoms with van der Waals surface area (Å²) in [6.07, 6.45) is -0.292. The van der Waals surface area contributed by atoms with E-state index in [0.717, 1.165) is 25.2 Å². The standard InChI is InChI=1S/C14H19N3O/c18-13(12-4-2-1-3-5-12)14-6-15-9-16(7-14)11-17(8-14)10-15/h1-5,13,18H,6-11H2/p+3/t13-/m0/s1. The normalized spacial score (nSPS) is 43.1. The minimum atomic E-state index is -0.292. The Bertz CT molecular complexity index is 412. The maximum absolute atomic E-state index is 10.8. The van der Waals surface area contributed by atoms with Gasteiger partial charge >= 0.3 is 0 Å². The Labute approximate surface area is 107 Å². The van der Waals surface area contributed by atoms with E-state index in [0.29, 0.717) is 0 Å². The quantitative estimate of drug-likeness (QED) is 0.427. The molecule has 0 unspecified atom stereocenters. The number of benzene rings is 1. The Hall–Kier alpha value is -0.940. The van der Waals surface area contributed by atoms with Gasteiger partial charge in [-0.05, 0) is 5.56 Å². The van der Waals surface area contributed by atoms with Gasteiger partial charge in [-0.2, -0.15) is 0 Å². The first kappa shape index (κ1) is 10.9. The first-order valence-corrected chi connectivity index (χ1v) is 6.99. The molecule has 4 heterocycles. The zero-order chi connectivity index (χ0) is 12.2. The van der Waals surface area contributed by atoms with Crippen molar-refractivity contribution in [1.29, 1.82) is 0 Å². The minimum Gasteiger partial charge on any atom is -0.387 e. The second-order valence-electron chi connectivity index (χ2n) is 6.49. The van der Waals surface area contributed by atoms with Gasteiger partial charge < -0.3 is 5.11 Å². The van der Waals surface area contributed by atoms with Gasteiger partial charge in [-0.25, -0.2) is 14.7 Å². The van der Waals surface area contributed by atoms with Crippen LogP contribution in [0.1, 0.15) is 11.7 Å². The number of nitrogens with one attached hydrogen (secondary N) is 3. The van der Waals surface area contributed by atoms with Crippen LogP contribution >= 0.6 is 0 Å². The number of rotatable bonds is 2. The topological polar surface area (TPSA) is 33.6 Å². The highest BCUT2D eigenvalue weighted by Gasteiger charge is 2.60. The summed E-state index contributed by atoms with van der Waals surface area (Å²) in [4.78, 5) is 5.04. The van der Waals surface area contributed by atoms with Gasteiger partial charge in [0.1, 0.15) is 31.2 Å². The average molecular weight is 248 g/mol. The first-order chi connectivity index (χ1) is 8.75. The molecule has 4 N–H and O–H groups in total. The fourth-order valence-corrected chi connectivity index (χ4v) is 4.58. The van der Waals surface area contributed by atoms with E-state index >= 15 is 0 Å². The molecule has 0 saturated carbocycles. The highest BCUT2D eigenvalue weighted by Crippen LogP contribution is 2.32. The lowest BCUT2D eigenvalue weighted by Gasteiger charge is -2.53. The molecule has 18 heavy (non-hydrogen) atoms. The molecule has 4 heteroatoms. The van der Waals surface area contributed by atoms with Crippen molar-refractivity contribution in [1.82, 2.24) is 0 Å². The summed E-state index contributed by atoms with van der Waals surface area (Å²) in [7, 11) is 0. The Morgan fingerprint density at radius 1 is 0.889 bits per heavy atom. The van der Waals surface area contributed by atoms with Crippen LogP contribution in [0.2, 0.25) is 0 Å². The SMILES string of the molecule is O[C@@H](c1ccccc1)C12C[NH+]3C[NH+](C[NH+](C3)C1)C2. The third kappa shape index (κ3) is 1.53. The van der Waals surface area contributed by atoms with Gasteiger partial charge in [0, 0.05) is 0 Å². The van der Waals surface area contributed by atoms with Crippen molar-refractivity contribution < 1.29 is 19.8 Å². The van der Waals surface area contributed by atoms with E-state index < -0.39 is 0 Å². The molecule has 0 aromatic heterocycles. The molecule has 0 spiro atoms. The van der Waals surface area contributed by atoms with E-state index in [4.69, 9.17) is 0 Å². The molecule has 4 nitrogen and oxygen atoms in total. The number of hydrogen-bond acceptors (Lipinski definition) is 1. The fourth-order valence-electron chi connectivity index (χ4n) is 4.58. The maximum atomic E-state index is 10.8. The lowest BCUT2D eigenvalue weighted by Crippen LogP contribution is -3.55. The molecular weight excluding hydrogens is 226 g/mol. The van der Waals surface area contributed by atoms with Crippen LogP contribution in [0, 0.1) is 5.41 Å². The van der Waals surface area contributed by atoms with Crippen LogP contribution in [0.5, 0.6) is 0 Å². The summed E-state index contributed by atoms with van der Waals surface area (Å²) in [6, 6.07) is 10.2. The van der Waals surface area contributed by atoms with Crippen LogP contribution in [0.15, 0.2) is 30.3 Å². The van der Waals surface area contributed by atoms with Gasteiger partial charge in [-0.15, -0.1) is 0 Å². The van der Waals surface area contributed by atoms with Crippen LogP contribution in [-0.2, 0) is 0 Å². The van der Waals surface area contributed by atoms with Crippen LogP contribution < -0.4 is 14.7 Å². The van der Waals surface area contributed by atoms with E-state index in [1.807, 2.05) is 18.2 Å². The Balaban J connectivity index is 1.67. The van der Waals surface area contributed by atoms with Gasteiger partial charge in [-0.1, -0.05) is 30.3 Å². The molecule has 1 atom stereocenters. The van der Waals surface area contributed by atoms with Crippen molar-refractivity contribution >= 4 is 0 Å². The lowest BCUT2D eigenvalue weighted by molar-refractivity contribution is -1.30. The molecule has 96 valence electrons.